The number of ether oxygens (including phenoxy) is 1. The van der Waals surface area contributed by atoms with Crippen LogP contribution >= 0.6 is 23.2 Å². The van der Waals surface area contributed by atoms with Crippen LogP contribution in [0.4, 0.5) is 0 Å². The van der Waals surface area contributed by atoms with Gasteiger partial charge in [-0.15, -0.1) is 0 Å². The van der Waals surface area contributed by atoms with Crippen LogP contribution in [0.2, 0.25) is 10.0 Å². The van der Waals surface area contributed by atoms with Gasteiger partial charge in [-0.2, -0.15) is 5.10 Å². The monoisotopic (exact) mass is 398 g/mol. The zero-order valence-corrected chi connectivity index (χ0v) is 15.7. The van der Waals surface area contributed by atoms with Crippen molar-refractivity contribution in [3.63, 3.8) is 0 Å². The molecular formula is C21H16Cl2N2O2. The van der Waals surface area contributed by atoms with Gasteiger partial charge in [-0.05, 0) is 47.5 Å². The first-order valence-electron chi connectivity index (χ1n) is 8.17. The van der Waals surface area contributed by atoms with Gasteiger partial charge in [-0.25, -0.2) is 5.43 Å². The number of hydrogen-bond acceptors (Lipinski definition) is 3. The van der Waals surface area contributed by atoms with Crippen LogP contribution < -0.4 is 10.2 Å². The van der Waals surface area contributed by atoms with E-state index < -0.39 is 0 Å². The van der Waals surface area contributed by atoms with Gasteiger partial charge >= 0.3 is 0 Å². The van der Waals surface area contributed by atoms with Crippen LogP contribution in [0.15, 0.2) is 77.9 Å². The van der Waals surface area contributed by atoms with Crippen molar-refractivity contribution < 1.29 is 9.53 Å². The van der Waals surface area contributed by atoms with Gasteiger partial charge in [0.1, 0.15) is 12.4 Å². The number of hydrazone groups is 1. The van der Waals surface area contributed by atoms with Crippen molar-refractivity contribution >= 4 is 35.3 Å². The Labute approximate surface area is 167 Å². The number of nitrogens with zero attached hydrogens (tertiary/aromatic N) is 1. The van der Waals surface area contributed by atoms with E-state index in [0.717, 1.165) is 11.1 Å². The van der Waals surface area contributed by atoms with Crippen molar-refractivity contribution in [3.05, 3.63) is 99.5 Å². The maximum Gasteiger partial charge on any atom is 0.275 e. The number of hydrogen-bond donors (Lipinski definition) is 1. The average molecular weight is 399 g/mol. The normalized spacial score (nSPS) is 10.7. The van der Waals surface area contributed by atoms with E-state index in [1.54, 1.807) is 60.8 Å². The van der Waals surface area contributed by atoms with Gasteiger partial charge in [0.2, 0.25) is 0 Å². The number of halogens is 2. The molecule has 0 saturated carbocycles. The largest absolute Gasteiger partial charge is 0.488 e. The van der Waals surface area contributed by atoms with Crippen LogP contribution in [0, 0.1) is 0 Å². The van der Waals surface area contributed by atoms with Crippen molar-refractivity contribution in [2.24, 2.45) is 5.10 Å². The molecule has 0 aliphatic heterocycles. The van der Waals surface area contributed by atoms with E-state index in [9.17, 15) is 4.79 Å². The number of carbonyl (C=O) groups excluding carboxylic acids is 1. The molecule has 0 aromatic heterocycles. The van der Waals surface area contributed by atoms with Crippen LogP contribution in [0.25, 0.3) is 0 Å². The molecule has 6 heteroatoms. The smallest absolute Gasteiger partial charge is 0.275 e. The second kappa shape index (κ2) is 9.21. The lowest BCUT2D eigenvalue weighted by Gasteiger charge is -2.10. The molecule has 0 aliphatic carbocycles. The predicted octanol–water partition coefficient (Wildman–Crippen LogP) is 5.34. The zero-order chi connectivity index (χ0) is 19.1. The van der Waals surface area contributed by atoms with Gasteiger partial charge in [0.25, 0.3) is 5.91 Å². The number of rotatable bonds is 6. The molecule has 0 aliphatic rings. The Morgan fingerprint density at radius 1 is 0.926 bits per heavy atom. The van der Waals surface area contributed by atoms with Crippen molar-refractivity contribution in [3.8, 4) is 5.75 Å². The summed E-state index contributed by atoms with van der Waals surface area (Å²) in [5.74, 6) is 0.124. The second-order valence-corrected chi connectivity index (χ2v) is 6.53. The number of nitrogens with one attached hydrogen (secondary N) is 1. The lowest BCUT2D eigenvalue weighted by Crippen LogP contribution is -2.18. The number of amides is 1. The highest BCUT2D eigenvalue weighted by Gasteiger charge is 2.11. The molecule has 136 valence electrons. The number of carbonyl (C=O) groups is 1. The van der Waals surface area contributed by atoms with Crippen molar-refractivity contribution in [2.75, 3.05) is 0 Å². The fourth-order valence-corrected chi connectivity index (χ4v) is 2.55. The highest BCUT2D eigenvalue weighted by molar-refractivity contribution is 6.30. The van der Waals surface area contributed by atoms with E-state index in [2.05, 4.69) is 10.5 Å². The molecule has 1 amide bonds. The summed E-state index contributed by atoms with van der Waals surface area (Å²) in [6.07, 6.45) is 1.55. The number of para-hydroxylation sites is 1. The average Bonchev–Trinajstić information content (AvgIpc) is 2.69. The Balaban J connectivity index is 1.64. The van der Waals surface area contributed by atoms with Crippen molar-refractivity contribution in [1.82, 2.24) is 5.43 Å². The van der Waals surface area contributed by atoms with Gasteiger partial charge in [0, 0.05) is 10.0 Å². The fourth-order valence-electron chi connectivity index (χ4n) is 2.30. The van der Waals surface area contributed by atoms with E-state index >= 15 is 0 Å². The zero-order valence-electron chi connectivity index (χ0n) is 14.2. The maximum absolute atomic E-state index is 12.4. The minimum Gasteiger partial charge on any atom is -0.488 e. The Bertz CT molecular complexity index is 939. The first-order chi connectivity index (χ1) is 13.1. The highest BCUT2D eigenvalue weighted by Crippen LogP contribution is 2.20. The molecule has 0 unspecified atom stereocenters. The van der Waals surface area contributed by atoms with Crippen LogP contribution in [-0.4, -0.2) is 12.1 Å². The summed E-state index contributed by atoms with van der Waals surface area (Å²) in [5, 5.41) is 5.28. The van der Waals surface area contributed by atoms with Crippen LogP contribution in [0.3, 0.4) is 0 Å². The molecule has 27 heavy (non-hydrogen) atoms. The highest BCUT2D eigenvalue weighted by atomic mass is 35.5. The molecule has 0 spiro atoms. The van der Waals surface area contributed by atoms with Gasteiger partial charge in [0.05, 0.1) is 11.8 Å². The first kappa shape index (κ1) is 19.0. The summed E-state index contributed by atoms with van der Waals surface area (Å²) in [5.41, 5.74) is 4.69. The molecule has 3 aromatic rings. The lowest BCUT2D eigenvalue weighted by atomic mass is 10.2. The molecule has 1 N–H and O–H groups in total. The molecule has 0 atom stereocenters. The Morgan fingerprint density at radius 3 is 2.26 bits per heavy atom. The first-order valence-corrected chi connectivity index (χ1v) is 8.92. The Hall–Kier alpha value is -2.82. The van der Waals surface area contributed by atoms with Crippen molar-refractivity contribution in [2.45, 2.75) is 6.61 Å². The maximum atomic E-state index is 12.4. The van der Waals surface area contributed by atoms with Crippen LogP contribution in [0.1, 0.15) is 21.5 Å². The summed E-state index contributed by atoms with van der Waals surface area (Å²) < 4.78 is 5.79. The van der Waals surface area contributed by atoms with Gasteiger partial charge in [-0.1, -0.05) is 59.6 Å². The SMILES string of the molecule is O=C(NN=Cc1ccc(Cl)cc1)c1ccccc1OCc1ccc(Cl)cc1. The Morgan fingerprint density at radius 2 is 1.56 bits per heavy atom. The third kappa shape index (κ3) is 5.58. The predicted molar refractivity (Wildman–Crippen MR) is 109 cm³/mol. The summed E-state index contributed by atoms with van der Waals surface area (Å²) in [6, 6.07) is 21.5. The fraction of sp³-hybridized carbons (Fsp3) is 0.0476. The summed E-state index contributed by atoms with van der Waals surface area (Å²) in [6.45, 7) is 0.329. The molecule has 0 fully saturated rings. The molecular weight excluding hydrogens is 383 g/mol. The van der Waals surface area contributed by atoms with E-state index in [1.807, 2.05) is 18.2 Å². The molecule has 0 heterocycles. The molecule has 3 rings (SSSR count). The second-order valence-electron chi connectivity index (χ2n) is 5.66. The number of benzene rings is 3. The van der Waals surface area contributed by atoms with Gasteiger partial charge in [-0.3, -0.25) is 4.79 Å². The van der Waals surface area contributed by atoms with Gasteiger partial charge in [0.15, 0.2) is 0 Å². The third-order valence-electron chi connectivity index (χ3n) is 3.69. The van der Waals surface area contributed by atoms with Crippen LogP contribution in [-0.2, 0) is 6.61 Å². The van der Waals surface area contributed by atoms with Crippen molar-refractivity contribution in [1.29, 1.82) is 0 Å². The van der Waals surface area contributed by atoms with Crippen LogP contribution in [0.5, 0.6) is 5.75 Å². The van der Waals surface area contributed by atoms with E-state index in [-0.39, 0.29) is 5.91 Å². The quantitative estimate of drug-likeness (QED) is 0.450. The topological polar surface area (TPSA) is 50.7 Å². The molecule has 0 bridgehead atoms. The lowest BCUT2D eigenvalue weighted by molar-refractivity contribution is 0.0950. The summed E-state index contributed by atoms with van der Waals surface area (Å²) in [7, 11) is 0. The molecule has 3 aromatic carbocycles. The molecule has 0 saturated heterocycles. The third-order valence-corrected chi connectivity index (χ3v) is 4.19. The summed E-state index contributed by atoms with van der Waals surface area (Å²) >= 11 is 11.7. The minimum atomic E-state index is -0.355. The van der Waals surface area contributed by atoms with E-state index in [0.29, 0.717) is 28.0 Å². The minimum absolute atomic E-state index is 0.329. The molecule has 4 nitrogen and oxygen atoms in total. The Kier molecular flexibility index (Phi) is 6.47. The molecule has 0 radical (unpaired) electrons. The standard InChI is InChI=1S/C21H16Cl2N2O2/c22-17-9-5-15(6-10-17)13-24-25-21(26)19-3-1-2-4-20(19)27-14-16-7-11-18(23)12-8-16/h1-13H,14H2,(H,25,26). The summed E-state index contributed by atoms with van der Waals surface area (Å²) in [4.78, 5) is 12.4. The van der Waals surface area contributed by atoms with Gasteiger partial charge < -0.3 is 4.74 Å². The van der Waals surface area contributed by atoms with E-state index in [4.69, 9.17) is 27.9 Å². The van der Waals surface area contributed by atoms with E-state index in [1.165, 1.54) is 0 Å².